The molecule has 0 unspecified atom stereocenters. The number of nitrogens with one attached hydrogen (secondary N) is 2. The first-order valence-corrected chi connectivity index (χ1v) is 6.15. The molecule has 4 heteroatoms. The molecule has 1 atom stereocenters. The zero-order valence-electron chi connectivity index (χ0n) is 10.1. The molecule has 1 aliphatic carbocycles. The lowest BCUT2D eigenvalue weighted by Gasteiger charge is -2.13. The van der Waals surface area contributed by atoms with Crippen molar-refractivity contribution in [2.45, 2.75) is 25.8 Å². The molecule has 0 aliphatic heterocycles. The van der Waals surface area contributed by atoms with Crippen LogP contribution in [0.3, 0.4) is 0 Å². The maximum absolute atomic E-state index is 11.5. The number of hydrogen-bond donors (Lipinski definition) is 2. The Hall–Kier alpha value is -1.42. The van der Waals surface area contributed by atoms with Gasteiger partial charge in [-0.25, -0.2) is 0 Å². The Morgan fingerprint density at radius 2 is 2.41 bits per heavy atom. The Morgan fingerprint density at radius 3 is 3.06 bits per heavy atom. The maximum Gasteiger partial charge on any atom is 0.233 e. The highest BCUT2D eigenvalue weighted by Gasteiger charge is 2.21. The first-order chi connectivity index (χ1) is 8.25. The fourth-order valence-electron chi connectivity index (χ4n) is 1.64. The number of amides is 1. The second kappa shape index (κ2) is 5.77. The van der Waals surface area contributed by atoms with E-state index in [1.807, 2.05) is 25.3 Å². The van der Waals surface area contributed by atoms with Crippen molar-refractivity contribution in [3.8, 4) is 0 Å². The standard InChI is InChI=1S/C13H19N3O/c1-10(12-3-2-6-14-8-12)15-9-13(17)16-7-11-4-5-11/h2-3,6,8,10-11,15H,4-5,7,9H2,1H3,(H,16,17)/t10-/m1/s1. The largest absolute Gasteiger partial charge is 0.355 e. The number of carbonyl (C=O) groups excluding carboxylic acids is 1. The van der Waals surface area contributed by atoms with Crippen molar-refractivity contribution in [2.24, 2.45) is 5.92 Å². The molecule has 1 aromatic rings. The van der Waals surface area contributed by atoms with E-state index in [9.17, 15) is 4.79 Å². The molecule has 4 nitrogen and oxygen atoms in total. The van der Waals surface area contributed by atoms with Gasteiger partial charge in [0.15, 0.2) is 0 Å². The average molecular weight is 233 g/mol. The van der Waals surface area contributed by atoms with E-state index in [2.05, 4.69) is 15.6 Å². The van der Waals surface area contributed by atoms with Gasteiger partial charge in [0.25, 0.3) is 0 Å². The number of hydrogen-bond acceptors (Lipinski definition) is 3. The molecule has 2 N–H and O–H groups in total. The Labute approximate surface area is 102 Å². The molecule has 17 heavy (non-hydrogen) atoms. The molecule has 0 bridgehead atoms. The molecule has 0 spiro atoms. The van der Waals surface area contributed by atoms with E-state index in [1.54, 1.807) is 6.20 Å². The highest BCUT2D eigenvalue weighted by atomic mass is 16.1. The van der Waals surface area contributed by atoms with Crippen LogP contribution in [0.1, 0.15) is 31.4 Å². The zero-order valence-corrected chi connectivity index (χ0v) is 10.1. The zero-order chi connectivity index (χ0) is 12.1. The number of rotatable bonds is 6. The second-order valence-corrected chi connectivity index (χ2v) is 4.64. The van der Waals surface area contributed by atoms with Gasteiger partial charge in [-0.15, -0.1) is 0 Å². The predicted molar refractivity (Wildman–Crippen MR) is 66.4 cm³/mol. The number of pyridine rings is 1. The van der Waals surface area contributed by atoms with Crippen molar-refractivity contribution in [1.29, 1.82) is 0 Å². The van der Waals surface area contributed by atoms with Crippen LogP contribution in [0.5, 0.6) is 0 Å². The molecule has 1 heterocycles. The Morgan fingerprint density at radius 1 is 1.59 bits per heavy atom. The molecule has 0 radical (unpaired) electrons. The van der Waals surface area contributed by atoms with Gasteiger partial charge < -0.3 is 10.6 Å². The van der Waals surface area contributed by atoms with E-state index in [4.69, 9.17) is 0 Å². The molecule has 92 valence electrons. The number of aromatic nitrogens is 1. The van der Waals surface area contributed by atoms with Gasteiger partial charge in [0.05, 0.1) is 6.54 Å². The van der Waals surface area contributed by atoms with Gasteiger partial charge in [0.1, 0.15) is 0 Å². The Bertz CT molecular complexity index is 362. The molecule has 0 saturated heterocycles. The molecule has 1 amide bonds. The van der Waals surface area contributed by atoms with Gasteiger partial charge in [0.2, 0.25) is 5.91 Å². The summed E-state index contributed by atoms with van der Waals surface area (Å²) in [6, 6.07) is 4.06. The summed E-state index contributed by atoms with van der Waals surface area (Å²) in [5, 5.41) is 6.13. The van der Waals surface area contributed by atoms with E-state index in [0.717, 1.165) is 18.0 Å². The topological polar surface area (TPSA) is 54.0 Å². The lowest BCUT2D eigenvalue weighted by Crippen LogP contribution is -2.36. The van der Waals surface area contributed by atoms with Crippen molar-refractivity contribution >= 4 is 5.91 Å². The van der Waals surface area contributed by atoms with Crippen LogP contribution in [0.25, 0.3) is 0 Å². The van der Waals surface area contributed by atoms with E-state index in [1.165, 1.54) is 12.8 Å². The maximum atomic E-state index is 11.5. The molecule has 0 aromatic carbocycles. The van der Waals surface area contributed by atoms with E-state index < -0.39 is 0 Å². The molecule has 1 saturated carbocycles. The summed E-state index contributed by atoms with van der Waals surface area (Å²) in [6.07, 6.45) is 6.10. The van der Waals surface area contributed by atoms with Gasteiger partial charge in [0, 0.05) is 25.0 Å². The van der Waals surface area contributed by atoms with Gasteiger partial charge in [-0.2, -0.15) is 0 Å². The third kappa shape index (κ3) is 4.15. The molecular formula is C13H19N3O. The minimum atomic E-state index is 0.0765. The predicted octanol–water partition coefficient (Wildman–Crippen LogP) is 1.26. The molecule has 2 rings (SSSR count). The minimum Gasteiger partial charge on any atom is -0.355 e. The van der Waals surface area contributed by atoms with Gasteiger partial charge >= 0.3 is 0 Å². The summed E-state index contributed by atoms with van der Waals surface area (Å²) >= 11 is 0. The van der Waals surface area contributed by atoms with Gasteiger partial charge in [-0.3, -0.25) is 9.78 Å². The lowest BCUT2D eigenvalue weighted by molar-refractivity contribution is -0.120. The number of nitrogens with zero attached hydrogens (tertiary/aromatic N) is 1. The monoisotopic (exact) mass is 233 g/mol. The molecule has 1 aliphatic rings. The van der Waals surface area contributed by atoms with Gasteiger partial charge in [-0.05, 0) is 37.3 Å². The van der Waals surface area contributed by atoms with Crippen LogP contribution in [0.15, 0.2) is 24.5 Å². The van der Waals surface area contributed by atoms with Crippen molar-refractivity contribution in [3.05, 3.63) is 30.1 Å². The van der Waals surface area contributed by atoms with Crippen LogP contribution in [-0.2, 0) is 4.79 Å². The fraction of sp³-hybridized carbons (Fsp3) is 0.538. The summed E-state index contributed by atoms with van der Waals surface area (Å²) in [6.45, 7) is 3.23. The average Bonchev–Trinajstić information content (AvgIpc) is 3.18. The van der Waals surface area contributed by atoms with Gasteiger partial charge in [-0.1, -0.05) is 6.07 Å². The van der Waals surface area contributed by atoms with E-state index in [-0.39, 0.29) is 11.9 Å². The normalized spacial score (nSPS) is 16.5. The van der Waals surface area contributed by atoms with Crippen LogP contribution in [-0.4, -0.2) is 24.0 Å². The smallest absolute Gasteiger partial charge is 0.233 e. The van der Waals surface area contributed by atoms with Crippen LogP contribution < -0.4 is 10.6 Å². The summed E-state index contributed by atoms with van der Waals surface area (Å²) in [5.74, 6) is 0.808. The quantitative estimate of drug-likeness (QED) is 0.777. The SMILES string of the molecule is C[C@@H](NCC(=O)NCC1CC1)c1cccnc1. The highest BCUT2D eigenvalue weighted by Crippen LogP contribution is 2.27. The van der Waals surface area contributed by atoms with Crippen LogP contribution >= 0.6 is 0 Å². The van der Waals surface area contributed by atoms with Crippen LogP contribution in [0, 0.1) is 5.92 Å². The first-order valence-electron chi connectivity index (χ1n) is 6.15. The first kappa shape index (κ1) is 12.0. The summed E-state index contributed by atoms with van der Waals surface area (Å²) < 4.78 is 0. The second-order valence-electron chi connectivity index (χ2n) is 4.64. The Kier molecular flexibility index (Phi) is 4.09. The van der Waals surface area contributed by atoms with Crippen molar-refractivity contribution < 1.29 is 4.79 Å². The van der Waals surface area contributed by atoms with Crippen LogP contribution in [0.4, 0.5) is 0 Å². The lowest BCUT2D eigenvalue weighted by atomic mass is 10.1. The van der Waals surface area contributed by atoms with Crippen molar-refractivity contribution in [3.63, 3.8) is 0 Å². The summed E-state index contributed by atoms with van der Waals surface area (Å²) in [7, 11) is 0. The third-order valence-corrected chi connectivity index (χ3v) is 3.04. The van der Waals surface area contributed by atoms with Crippen molar-refractivity contribution in [1.82, 2.24) is 15.6 Å². The summed E-state index contributed by atoms with van der Waals surface area (Å²) in [5.41, 5.74) is 1.10. The third-order valence-electron chi connectivity index (χ3n) is 3.04. The molecule has 1 aromatic heterocycles. The highest BCUT2D eigenvalue weighted by molar-refractivity contribution is 5.78. The molecular weight excluding hydrogens is 214 g/mol. The summed E-state index contributed by atoms with van der Waals surface area (Å²) in [4.78, 5) is 15.6. The number of carbonyl (C=O) groups is 1. The molecule has 1 fully saturated rings. The van der Waals surface area contributed by atoms with E-state index in [0.29, 0.717) is 6.54 Å². The Balaban J connectivity index is 1.68. The van der Waals surface area contributed by atoms with E-state index >= 15 is 0 Å². The minimum absolute atomic E-state index is 0.0765. The van der Waals surface area contributed by atoms with Crippen molar-refractivity contribution in [2.75, 3.05) is 13.1 Å². The van der Waals surface area contributed by atoms with Crippen LogP contribution in [0.2, 0.25) is 0 Å². The fourth-order valence-corrected chi connectivity index (χ4v) is 1.64.